The van der Waals surface area contributed by atoms with Crippen LogP contribution in [0.1, 0.15) is 13.8 Å². The number of aromatic nitrogens is 1. The third-order valence-electron chi connectivity index (χ3n) is 3.41. The van der Waals surface area contributed by atoms with Crippen molar-refractivity contribution in [3.63, 3.8) is 0 Å². The first-order valence-corrected chi connectivity index (χ1v) is 8.09. The van der Waals surface area contributed by atoms with Gasteiger partial charge in [-0.25, -0.2) is 4.98 Å². The Kier molecular flexibility index (Phi) is 4.29. The number of nitriles is 2. The molecule has 24 heavy (non-hydrogen) atoms. The lowest BCUT2D eigenvalue weighted by molar-refractivity contribution is 0.306. The molecule has 0 fully saturated rings. The molecule has 0 aliphatic carbocycles. The van der Waals surface area contributed by atoms with Gasteiger partial charge in [0, 0.05) is 11.1 Å². The molecule has 0 saturated heterocycles. The lowest BCUT2D eigenvalue weighted by Gasteiger charge is -2.12. The van der Waals surface area contributed by atoms with Crippen molar-refractivity contribution in [2.24, 2.45) is 0 Å². The molecule has 0 atom stereocenters. The van der Waals surface area contributed by atoms with Crippen LogP contribution in [0.15, 0.2) is 54.0 Å². The molecule has 0 N–H and O–H groups in total. The van der Waals surface area contributed by atoms with Crippen LogP contribution in [0.5, 0.6) is 0 Å². The second-order valence-corrected chi connectivity index (χ2v) is 6.23. The third kappa shape index (κ3) is 2.99. The number of rotatable bonds is 1. The molecule has 1 aliphatic rings. The lowest BCUT2D eigenvalue weighted by atomic mass is 10.1. The molecule has 0 amide bonds. The maximum atomic E-state index is 9.15. The van der Waals surface area contributed by atoms with Crippen LogP contribution in [0, 0.1) is 22.7 Å². The molecule has 1 aliphatic heterocycles. The number of hydrogen-bond donors (Lipinski definition) is 0. The van der Waals surface area contributed by atoms with Crippen molar-refractivity contribution >= 4 is 22.5 Å². The molecule has 1 aromatic heterocycles. The first kappa shape index (κ1) is 15.7. The van der Waals surface area contributed by atoms with Gasteiger partial charge in [0.15, 0.2) is 5.57 Å². The summed E-state index contributed by atoms with van der Waals surface area (Å²) >= 11 is 1.35. The maximum absolute atomic E-state index is 9.15. The van der Waals surface area contributed by atoms with E-state index in [9.17, 15) is 0 Å². The van der Waals surface area contributed by atoms with E-state index in [-0.39, 0.29) is 5.57 Å². The number of ether oxygens (including phenoxy) is 1. The molecular weight excluding hydrogens is 318 g/mol. The van der Waals surface area contributed by atoms with E-state index in [0.717, 1.165) is 32.9 Å². The van der Waals surface area contributed by atoms with Gasteiger partial charge < -0.3 is 4.74 Å². The predicted molar refractivity (Wildman–Crippen MR) is 93.4 cm³/mol. The second kappa shape index (κ2) is 6.54. The summed E-state index contributed by atoms with van der Waals surface area (Å²) in [5.41, 5.74) is 2.71. The Morgan fingerprint density at radius 3 is 2.25 bits per heavy atom. The van der Waals surface area contributed by atoms with Crippen LogP contribution in [-0.4, -0.2) is 4.98 Å². The van der Waals surface area contributed by atoms with Gasteiger partial charge in [-0.1, -0.05) is 30.3 Å². The van der Waals surface area contributed by atoms with Gasteiger partial charge in [-0.3, -0.25) is 0 Å². The molecule has 0 radical (unpaired) electrons. The minimum atomic E-state index is 0.0255. The summed E-state index contributed by atoms with van der Waals surface area (Å²) in [4.78, 5) is 4.56. The first-order valence-electron chi connectivity index (χ1n) is 7.28. The highest BCUT2D eigenvalue weighted by atomic mass is 32.1. The SMILES string of the molecule is CC1=CC(=c2sc(=C(C#N)C#N)nc2-c2ccccc2)C=C(C)O1. The van der Waals surface area contributed by atoms with Gasteiger partial charge in [0.2, 0.25) is 0 Å². The van der Waals surface area contributed by atoms with Gasteiger partial charge >= 0.3 is 0 Å². The van der Waals surface area contributed by atoms with E-state index < -0.39 is 0 Å². The van der Waals surface area contributed by atoms with Gasteiger partial charge in [0.1, 0.15) is 28.3 Å². The van der Waals surface area contributed by atoms with Crippen LogP contribution in [-0.2, 0) is 4.74 Å². The van der Waals surface area contributed by atoms with E-state index >= 15 is 0 Å². The van der Waals surface area contributed by atoms with E-state index in [2.05, 4.69) is 4.98 Å². The smallest absolute Gasteiger partial charge is 0.165 e. The van der Waals surface area contributed by atoms with Crippen molar-refractivity contribution in [2.75, 3.05) is 0 Å². The first-order chi connectivity index (χ1) is 11.6. The highest BCUT2D eigenvalue weighted by Gasteiger charge is 2.12. The summed E-state index contributed by atoms with van der Waals surface area (Å²) in [7, 11) is 0. The summed E-state index contributed by atoms with van der Waals surface area (Å²) in [6, 6.07) is 13.6. The Hall–Kier alpha value is -3.15. The molecule has 3 rings (SSSR count). The fourth-order valence-electron chi connectivity index (χ4n) is 2.46. The van der Waals surface area contributed by atoms with Gasteiger partial charge in [-0.2, -0.15) is 10.5 Å². The molecule has 2 heterocycles. The topological polar surface area (TPSA) is 69.7 Å². The second-order valence-electron chi connectivity index (χ2n) is 5.23. The molecule has 0 unspecified atom stereocenters. The van der Waals surface area contributed by atoms with Gasteiger partial charge in [0.05, 0.1) is 10.2 Å². The normalized spacial score (nSPS) is 13.2. The molecule has 2 aromatic rings. The van der Waals surface area contributed by atoms with Crippen molar-refractivity contribution < 1.29 is 4.74 Å². The van der Waals surface area contributed by atoms with Crippen molar-refractivity contribution in [1.82, 2.24) is 4.98 Å². The largest absolute Gasteiger partial charge is 0.467 e. The molecule has 1 aromatic carbocycles. The minimum Gasteiger partial charge on any atom is -0.467 e. The summed E-state index contributed by atoms with van der Waals surface area (Å²) in [5.74, 6) is 1.59. The van der Waals surface area contributed by atoms with Crippen molar-refractivity contribution in [2.45, 2.75) is 13.8 Å². The average molecular weight is 331 g/mol. The van der Waals surface area contributed by atoms with Crippen LogP contribution in [0.25, 0.3) is 22.4 Å². The predicted octanol–water partition coefficient (Wildman–Crippen LogP) is 3.00. The van der Waals surface area contributed by atoms with E-state index in [4.69, 9.17) is 15.3 Å². The Balaban J connectivity index is 2.43. The summed E-state index contributed by atoms with van der Waals surface area (Å²) < 4.78 is 6.91. The Labute approximate surface area is 143 Å². The maximum Gasteiger partial charge on any atom is 0.165 e. The van der Waals surface area contributed by atoms with E-state index in [1.54, 1.807) is 0 Å². The zero-order valence-electron chi connectivity index (χ0n) is 13.2. The quantitative estimate of drug-likeness (QED) is 0.805. The van der Waals surface area contributed by atoms with Crippen LogP contribution >= 0.6 is 11.3 Å². The highest BCUT2D eigenvalue weighted by Crippen LogP contribution is 2.21. The number of benzene rings is 1. The number of thiazole rings is 1. The summed E-state index contributed by atoms with van der Waals surface area (Å²) in [5, 5.41) is 18.3. The standard InChI is InChI=1S/C19H13N3OS/c1-12-8-15(9-13(2)23-12)18-17(14-6-4-3-5-7-14)22-19(24-18)16(10-20)11-21/h3-9H,1-2H3. The summed E-state index contributed by atoms with van der Waals surface area (Å²) in [6.45, 7) is 3.78. The Bertz CT molecular complexity index is 1020. The van der Waals surface area contributed by atoms with Crippen LogP contribution < -0.4 is 9.20 Å². The molecule has 0 saturated carbocycles. The molecule has 4 nitrogen and oxygen atoms in total. The third-order valence-corrected chi connectivity index (χ3v) is 4.54. The zero-order chi connectivity index (χ0) is 17.1. The molecular formula is C19H13N3OS. The van der Waals surface area contributed by atoms with E-state index in [1.807, 2.05) is 68.5 Å². The number of hydrogen-bond acceptors (Lipinski definition) is 5. The monoisotopic (exact) mass is 331 g/mol. The fourth-order valence-corrected chi connectivity index (χ4v) is 3.48. The van der Waals surface area contributed by atoms with E-state index in [0.29, 0.717) is 4.66 Å². The lowest BCUT2D eigenvalue weighted by Crippen LogP contribution is -2.06. The summed E-state index contributed by atoms with van der Waals surface area (Å²) in [6.07, 6.45) is 3.88. The van der Waals surface area contributed by atoms with Gasteiger partial charge in [0.25, 0.3) is 0 Å². The molecule has 0 bridgehead atoms. The van der Waals surface area contributed by atoms with Crippen LogP contribution in [0.4, 0.5) is 0 Å². The fraction of sp³-hybridized carbons (Fsp3) is 0.105. The molecule has 116 valence electrons. The number of allylic oxidation sites excluding steroid dienone is 4. The van der Waals surface area contributed by atoms with Gasteiger partial charge in [-0.15, -0.1) is 11.3 Å². The average Bonchev–Trinajstić information content (AvgIpc) is 3.01. The van der Waals surface area contributed by atoms with Crippen molar-refractivity contribution in [1.29, 1.82) is 10.5 Å². The Morgan fingerprint density at radius 2 is 1.67 bits per heavy atom. The molecule has 0 spiro atoms. The van der Waals surface area contributed by atoms with Crippen LogP contribution in [0.3, 0.4) is 0 Å². The van der Waals surface area contributed by atoms with Crippen LogP contribution in [0.2, 0.25) is 0 Å². The van der Waals surface area contributed by atoms with Crippen molar-refractivity contribution in [3.05, 3.63) is 63.2 Å². The Morgan fingerprint density at radius 1 is 1.04 bits per heavy atom. The van der Waals surface area contributed by atoms with Crippen molar-refractivity contribution in [3.8, 4) is 23.4 Å². The zero-order valence-corrected chi connectivity index (χ0v) is 14.0. The number of nitrogens with zero attached hydrogens (tertiary/aromatic N) is 3. The molecule has 5 heteroatoms. The minimum absolute atomic E-state index is 0.0255. The van der Waals surface area contributed by atoms with E-state index in [1.165, 1.54) is 11.3 Å². The van der Waals surface area contributed by atoms with Gasteiger partial charge in [-0.05, 0) is 26.0 Å². The highest BCUT2D eigenvalue weighted by molar-refractivity contribution is 7.08.